The van der Waals surface area contributed by atoms with E-state index in [0.29, 0.717) is 22.9 Å². The Bertz CT molecular complexity index is 1830. The van der Waals surface area contributed by atoms with E-state index in [1.54, 1.807) is 23.8 Å². The third-order valence-electron chi connectivity index (χ3n) is 6.64. The molecular weight excluding hydrogens is 502 g/mol. The lowest BCUT2D eigenvalue weighted by Crippen LogP contribution is -2.13. The number of carbonyl (C=O) groups is 1. The molecule has 9 heteroatoms. The molecule has 0 aliphatic heterocycles. The smallest absolute Gasteiger partial charge is 0.255 e. The Balaban J connectivity index is 1.33. The van der Waals surface area contributed by atoms with Crippen LogP contribution < -0.4 is 20.3 Å². The molecule has 0 atom stereocenters. The molecule has 0 aliphatic carbocycles. The van der Waals surface area contributed by atoms with E-state index >= 15 is 0 Å². The second-order valence-corrected chi connectivity index (χ2v) is 9.48. The number of hydrogen-bond donors (Lipinski definition) is 2. The average Bonchev–Trinajstić information content (AvgIpc) is 3.42. The van der Waals surface area contributed by atoms with E-state index in [-0.39, 0.29) is 5.91 Å². The lowest BCUT2D eigenvalue weighted by Gasteiger charge is -2.13. The highest BCUT2D eigenvalue weighted by Crippen LogP contribution is 2.30. The number of methoxy groups -OCH3 is 1. The predicted molar refractivity (Wildman–Crippen MR) is 159 cm³/mol. The van der Waals surface area contributed by atoms with Crippen LogP contribution in [0.5, 0.6) is 5.75 Å². The number of fused-ring (bicyclic) bond motifs is 3. The fourth-order valence-corrected chi connectivity index (χ4v) is 4.51. The Hall–Kier alpha value is -5.44. The molecule has 0 radical (unpaired) electrons. The average molecular weight is 530 g/mol. The molecule has 0 unspecified atom stereocenters. The summed E-state index contributed by atoms with van der Waals surface area (Å²) in [7, 11) is 5.59. The Kier molecular flexibility index (Phi) is 6.45. The van der Waals surface area contributed by atoms with Gasteiger partial charge < -0.3 is 20.3 Å². The normalized spacial score (nSPS) is 11.0. The number of ether oxygens (including phenoxy) is 1. The first-order chi connectivity index (χ1) is 19.5. The number of rotatable bonds is 7. The molecule has 0 saturated carbocycles. The van der Waals surface area contributed by atoms with E-state index in [4.69, 9.17) is 9.84 Å². The van der Waals surface area contributed by atoms with Crippen LogP contribution in [-0.2, 0) is 0 Å². The lowest BCUT2D eigenvalue weighted by atomic mass is 10.1. The molecule has 6 rings (SSSR count). The van der Waals surface area contributed by atoms with Gasteiger partial charge in [-0.2, -0.15) is 4.52 Å². The van der Waals surface area contributed by atoms with Crippen molar-refractivity contribution in [3.05, 3.63) is 103 Å². The minimum absolute atomic E-state index is 0.199. The fourth-order valence-electron chi connectivity index (χ4n) is 4.51. The van der Waals surface area contributed by atoms with Crippen molar-refractivity contribution < 1.29 is 9.53 Å². The summed E-state index contributed by atoms with van der Waals surface area (Å²) in [5.74, 6) is 1.79. The maximum atomic E-state index is 13.0. The molecule has 6 aromatic rings. The van der Waals surface area contributed by atoms with Gasteiger partial charge in [0.05, 0.1) is 7.11 Å². The van der Waals surface area contributed by atoms with E-state index in [0.717, 1.165) is 39.1 Å². The number of nitrogens with zero attached hydrogens (tertiary/aromatic N) is 5. The Morgan fingerprint density at radius 1 is 0.825 bits per heavy atom. The SMILES string of the molecule is COc1ccc(-c2nnc3c4ccccc4c(Nc4cccc(C(=O)Nc5ccc(N(C)C)cc5)c4)nn23)cc1. The van der Waals surface area contributed by atoms with Gasteiger partial charge in [0.15, 0.2) is 17.3 Å². The molecule has 1 amide bonds. The maximum absolute atomic E-state index is 13.0. The van der Waals surface area contributed by atoms with Crippen LogP contribution in [-0.4, -0.2) is 46.9 Å². The van der Waals surface area contributed by atoms with Crippen molar-refractivity contribution in [3.8, 4) is 17.1 Å². The van der Waals surface area contributed by atoms with E-state index in [2.05, 4.69) is 20.8 Å². The molecule has 9 nitrogen and oxygen atoms in total. The zero-order valence-corrected chi connectivity index (χ0v) is 22.3. The van der Waals surface area contributed by atoms with E-state index < -0.39 is 0 Å². The van der Waals surface area contributed by atoms with Crippen LogP contribution in [0.1, 0.15) is 10.4 Å². The highest BCUT2D eigenvalue weighted by atomic mass is 16.5. The molecule has 2 N–H and O–H groups in total. The first-order valence-electron chi connectivity index (χ1n) is 12.7. The molecule has 2 aromatic heterocycles. The molecular formula is C31H27N7O2. The van der Waals surface area contributed by atoms with Crippen LogP contribution in [0.25, 0.3) is 27.8 Å². The Morgan fingerprint density at radius 2 is 1.57 bits per heavy atom. The van der Waals surface area contributed by atoms with Gasteiger partial charge in [-0.05, 0) is 66.7 Å². The second-order valence-electron chi connectivity index (χ2n) is 9.48. The molecule has 0 spiro atoms. The zero-order chi connectivity index (χ0) is 27.6. The predicted octanol–water partition coefficient (Wildman–Crippen LogP) is 6.02. The summed E-state index contributed by atoms with van der Waals surface area (Å²) in [4.78, 5) is 15.1. The third-order valence-corrected chi connectivity index (χ3v) is 6.64. The number of anilines is 4. The minimum atomic E-state index is -0.199. The largest absolute Gasteiger partial charge is 0.497 e. The molecule has 0 fully saturated rings. The van der Waals surface area contributed by atoms with E-state index in [1.165, 1.54) is 0 Å². The van der Waals surface area contributed by atoms with Gasteiger partial charge in [-0.25, -0.2) is 0 Å². The van der Waals surface area contributed by atoms with Gasteiger partial charge >= 0.3 is 0 Å². The molecule has 0 saturated heterocycles. The highest BCUT2D eigenvalue weighted by molar-refractivity contribution is 6.05. The molecule has 2 heterocycles. The number of amides is 1. The first-order valence-corrected chi connectivity index (χ1v) is 12.7. The summed E-state index contributed by atoms with van der Waals surface area (Å²) < 4.78 is 7.03. The summed E-state index contributed by atoms with van der Waals surface area (Å²) in [5, 5.41) is 21.9. The van der Waals surface area contributed by atoms with Crippen LogP contribution in [0.2, 0.25) is 0 Å². The van der Waals surface area contributed by atoms with Gasteiger partial charge in [0.2, 0.25) is 0 Å². The summed E-state index contributed by atoms with van der Waals surface area (Å²) in [5.41, 5.74) is 4.55. The Labute approximate surface area is 231 Å². The van der Waals surface area contributed by atoms with Crippen molar-refractivity contribution in [2.24, 2.45) is 0 Å². The molecule has 0 aliphatic rings. The van der Waals surface area contributed by atoms with Crippen molar-refractivity contribution in [1.29, 1.82) is 0 Å². The van der Waals surface area contributed by atoms with Crippen molar-refractivity contribution in [3.63, 3.8) is 0 Å². The summed E-state index contributed by atoms with van der Waals surface area (Å²) in [6.45, 7) is 0. The summed E-state index contributed by atoms with van der Waals surface area (Å²) >= 11 is 0. The van der Waals surface area contributed by atoms with Crippen molar-refractivity contribution >= 4 is 45.2 Å². The first kappa shape index (κ1) is 24.9. The van der Waals surface area contributed by atoms with Gasteiger partial charge in [0.1, 0.15) is 5.75 Å². The Morgan fingerprint density at radius 3 is 2.30 bits per heavy atom. The molecule has 198 valence electrons. The van der Waals surface area contributed by atoms with Crippen LogP contribution in [0.4, 0.5) is 22.9 Å². The number of aromatic nitrogens is 4. The van der Waals surface area contributed by atoms with Gasteiger partial charge in [-0.15, -0.1) is 15.3 Å². The number of nitrogens with one attached hydrogen (secondary N) is 2. The molecule has 0 bridgehead atoms. The van der Waals surface area contributed by atoms with Gasteiger partial charge in [-0.1, -0.05) is 30.3 Å². The van der Waals surface area contributed by atoms with Crippen molar-refractivity contribution in [2.75, 3.05) is 36.7 Å². The number of carbonyl (C=O) groups excluding carboxylic acids is 1. The van der Waals surface area contributed by atoms with Crippen LogP contribution in [0.15, 0.2) is 97.1 Å². The summed E-state index contributed by atoms with van der Waals surface area (Å²) in [6, 6.07) is 30.5. The number of benzene rings is 4. The minimum Gasteiger partial charge on any atom is -0.497 e. The third kappa shape index (κ3) is 4.76. The van der Waals surface area contributed by atoms with Gasteiger partial charge in [-0.3, -0.25) is 4.79 Å². The second kappa shape index (κ2) is 10.4. The quantitative estimate of drug-likeness (QED) is 0.261. The van der Waals surface area contributed by atoms with Gasteiger partial charge in [0.25, 0.3) is 5.91 Å². The number of hydrogen-bond acceptors (Lipinski definition) is 7. The van der Waals surface area contributed by atoms with Crippen molar-refractivity contribution in [2.45, 2.75) is 0 Å². The maximum Gasteiger partial charge on any atom is 0.255 e. The molecule has 40 heavy (non-hydrogen) atoms. The van der Waals surface area contributed by atoms with E-state index in [1.807, 2.05) is 104 Å². The monoisotopic (exact) mass is 529 g/mol. The summed E-state index contributed by atoms with van der Waals surface area (Å²) in [6.07, 6.45) is 0. The van der Waals surface area contributed by atoms with Crippen LogP contribution in [0, 0.1) is 0 Å². The zero-order valence-electron chi connectivity index (χ0n) is 22.3. The topological polar surface area (TPSA) is 96.7 Å². The standard InChI is InChI=1S/C31H27N7O2/c1-37(2)24-15-13-22(14-16-24)33-31(39)21-7-6-8-23(19-21)32-28-26-9-4-5-10-27(26)30-35-34-29(38(30)36-28)20-11-17-25(40-3)18-12-20/h4-19H,1-3H3,(H,32,36)(H,33,39). The van der Waals surface area contributed by atoms with Crippen molar-refractivity contribution in [1.82, 2.24) is 19.8 Å². The van der Waals surface area contributed by atoms with Crippen LogP contribution in [0.3, 0.4) is 0 Å². The van der Waals surface area contributed by atoms with E-state index in [9.17, 15) is 4.79 Å². The molecule has 4 aromatic carbocycles. The highest BCUT2D eigenvalue weighted by Gasteiger charge is 2.16. The fraction of sp³-hybridized carbons (Fsp3) is 0.0968. The van der Waals surface area contributed by atoms with Crippen LogP contribution >= 0.6 is 0 Å². The van der Waals surface area contributed by atoms with Gasteiger partial charge in [0, 0.05) is 53.1 Å². The lowest BCUT2D eigenvalue weighted by molar-refractivity contribution is 0.102.